The molecule has 0 bridgehead atoms. The second-order valence-electron chi connectivity index (χ2n) is 2.64. The van der Waals surface area contributed by atoms with Crippen LogP contribution < -0.4 is 5.73 Å². The Morgan fingerprint density at radius 2 is 2.31 bits per heavy atom. The van der Waals surface area contributed by atoms with Crippen LogP contribution in [0.25, 0.3) is 11.0 Å². The Hall–Kier alpha value is -0.690. The molecule has 0 spiro atoms. The summed E-state index contributed by atoms with van der Waals surface area (Å²) in [4.78, 5) is 7.00. The van der Waals surface area contributed by atoms with Crippen molar-refractivity contribution in [1.29, 1.82) is 0 Å². The largest absolute Gasteiger partial charge is 0.340 e. The fraction of sp³-hybridized carbons (Fsp3) is 0.125. The van der Waals surface area contributed by atoms with Gasteiger partial charge in [-0.3, -0.25) is 0 Å². The van der Waals surface area contributed by atoms with Crippen LogP contribution in [0.15, 0.2) is 12.1 Å². The quantitative estimate of drug-likeness (QED) is 0.787. The number of hydrogen-bond donors (Lipinski definition) is 2. The van der Waals surface area contributed by atoms with Crippen LogP contribution in [-0.4, -0.2) is 9.97 Å². The molecule has 0 atom stereocenters. The van der Waals surface area contributed by atoms with Crippen LogP contribution in [0.2, 0.25) is 0 Å². The fourth-order valence-corrected chi connectivity index (χ4v) is 1.74. The summed E-state index contributed by atoms with van der Waals surface area (Å²) in [7, 11) is 0. The zero-order valence-corrected chi connectivity index (χ0v) is 8.80. The van der Waals surface area contributed by atoms with E-state index in [9.17, 15) is 4.39 Å². The predicted octanol–water partition coefficient (Wildman–Crippen LogP) is 1.77. The maximum Gasteiger partial charge on any atom is 0.151 e. The second kappa shape index (κ2) is 3.22. The van der Waals surface area contributed by atoms with E-state index < -0.39 is 0 Å². The molecule has 0 amide bonds. The summed E-state index contributed by atoms with van der Waals surface area (Å²) in [5.41, 5.74) is 6.49. The monoisotopic (exact) mass is 291 g/mol. The number of nitrogens with two attached hydrogens (primary N) is 1. The van der Waals surface area contributed by atoms with Gasteiger partial charge in [0, 0.05) is 3.57 Å². The highest BCUT2D eigenvalue weighted by atomic mass is 127. The summed E-state index contributed by atoms with van der Waals surface area (Å²) in [6.07, 6.45) is 0. The third-order valence-electron chi connectivity index (χ3n) is 1.79. The zero-order chi connectivity index (χ0) is 9.42. The average Bonchev–Trinajstić information content (AvgIpc) is 2.56. The van der Waals surface area contributed by atoms with Gasteiger partial charge in [0.15, 0.2) is 5.82 Å². The van der Waals surface area contributed by atoms with Crippen LogP contribution in [0.1, 0.15) is 5.82 Å². The Kier molecular flexibility index (Phi) is 2.20. The van der Waals surface area contributed by atoms with Gasteiger partial charge in [-0.1, -0.05) is 0 Å². The van der Waals surface area contributed by atoms with Crippen molar-refractivity contribution in [3.63, 3.8) is 0 Å². The number of aromatic amines is 1. The normalized spacial score (nSPS) is 11.0. The molecule has 0 radical (unpaired) electrons. The van der Waals surface area contributed by atoms with Crippen LogP contribution in [0, 0.1) is 9.39 Å². The van der Waals surface area contributed by atoms with Crippen LogP contribution in [0.5, 0.6) is 0 Å². The highest BCUT2D eigenvalue weighted by Gasteiger charge is 2.08. The number of benzene rings is 1. The van der Waals surface area contributed by atoms with E-state index in [1.165, 1.54) is 6.07 Å². The highest BCUT2D eigenvalue weighted by Crippen LogP contribution is 2.20. The molecule has 0 aliphatic heterocycles. The first kappa shape index (κ1) is 8.89. The summed E-state index contributed by atoms with van der Waals surface area (Å²) < 4.78 is 14.1. The SMILES string of the molecule is NCc1nc2c(F)ccc(I)c2[nH]1. The molecule has 3 N–H and O–H groups in total. The van der Waals surface area contributed by atoms with E-state index in [0.29, 0.717) is 17.9 Å². The number of halogens is 2. The molecule has 2 aromatic rings. The van der Waals surface area contributed by atoms with E-state index in [-0.39, 0.29) is 5.82 Å². The Bertz CT molecular complexity index is 413. The topological polar surface area (TPSA) is 54.7 Å². The summed E-state index contributed by atoms with van der Waals surface area (Å²) in [6, 6.07) is 3.11. The number of imidazole rings is 1. The van der Waals surface area contributed by atoms with Crippen molar-refractivity contribution in [3.8, 4) is 0 Å². The Morgan fingerprint density at radius 3 is 2.92 bits per heavy atom. The van der Waals surface area contributed by atoms with Gasteiger partial charge in [-0.05, 0) is 34.7 Å². The van der Waals surface area contributed by atoms with Gasteiger partial charge in [-0.15, -0.1) is 0 Å². The molecule has 2 rings (SSSR count). The van der Waals surface area contributed by atoms with Gasteiger partial charge in [-0.25, -0.2) is 9.37 Å². The minimum absolute atomic E-state index is 0.296. The number of fused-ring (bicyclic) bond motifs is 1. The Balaban J connectivity index is 2.80. The number of rotatable bonds is 1. The van der Waals surface area contributed by atoms with Crippen molar-refractivity contribution < 1.29 is 4.39 Å². The summed E-state index contributed by atoms with van der Waals surface area (Å²) in [6.45, 7) is 0.296. The van der Waals surface area contributed by atoms with E-state index in [1.54, 1.807) is 6.07 Å². The molecule has 0 saturated heterocycles. The van der Waals surface area contributed by atoms with E-state index in [1.807, 2.05) is 0 Å². The van der Waals surface area contributed by atoms with E-state index in [2.05, 4.69) is 32.6 Å². The van der Waals surface area contributed by atoms with Gasteiger partial charge in [0.2, 0.25) is 0 Å². The minimum Gasteiger partial charge on any atom is -0.340 e. The Labute approximate surface area is 87.7 Å². The standard InChI is InChI=1S/C8H7FIN3/c9-4-1-2-5(10)8-7(4)12-6(3-11)13-8/h1-2H,3,11H2,(H,12,13). The highest BCUT2D eigenvalue weighted by molar-refractivity contribution is 14.1. The van der Waals surface area contributed by atoms with Gasteiger partial charge in [0.25, 0.3) is 0 Å². The van der Waals surface area contributed by atoms with Crippen LogP contribution in [0.3, 0.4) is 0 Å². The van der Waals surface area contributed by atoms with Gasteiger partial charge < -0.3 is 10.7 Å². The van der Waals surface area contributed by atoms with E-state index in [0.717, 1.165) is 9.09 Å². The maximum atomic E-state index is 13.2. The Morgan fingerprint density at radius 1 is 1.54 bits per heavy atom. The predicted molar refractivity (Wildman–Crippen MR) is 56.7 cm³/mol. The third-order valence-corrected chi connectivity index (χ3v) is 2.69. The molecule has 0 aliphatic carbocycles. The number of nitrogens with one attached hydrogen (secondary N) is 1. The average molecular weight is 291 g/mol. The van der Waals surface area contributed by atoms with Crippen LogP contribution in [-0.2, 0) is 6.54 Å². The third kappa shape index (κ3) is 1.42. The van der Waals surface area contributed by atoms with Crippen LogP contribution in [0.4, 0.5) is 4.39 Å². The van der Waals surface area contributed by atoms with Crippen molar-refractivity contribution >= 4 is 33.6 Å². The van der Waals surface area contributed by atoms with Gasteiger partial charge in [-0.2, -0.15) is 0 Å². The number of hydrogen-bond acceptors (Lipinski definition) is 2. The molecule has 0 saturated carbocycles. The van der Waals surface area contributed by atoms with Crippen LogP contribution >= 0.6 is 22.6 Å². The summed E-state index contributed by atoms with van der Waals surface area (Å²) >= 11 is 2.13. The molecule has 0 fully saturated rings. The number of nitrogens with zero attached hydrogens (tertiary/aromatic N) is 1. The molecule has 68 valence electrons. The molecule has 1 heterocycles. The summed E-state index contributed by atoms with van der Waals surface area (Å²) in [5, 5.41) is 0. The lowest BCUT2D eigenvalue weighted by Gasteiger charge is -1.92. The molecule has 1 aromatic heterocycles. The second-order valence-corrected chi connectivity index (χ2v) is 3.80. The summed E-state index contributed by atoms with van der Waals surface area (Å²) in [5.74, 6) is 0.296. The first-order valence-electron chi connectivity index (χ1n) is 3.75. The van der Waals surface area contributed by atoms with Crippen molar-refractivity contribution in [2.45, 2.75) is 6.54 Å². The number of aromatic nitrogens is 2. The molecule has 0 unspecified atom stereocenters. The van der Waals surface area contributed by atoms with Gasteiger partial charge >= 0.3 is 0 Å². The zero-order valence-electron chi connectivity index (χ0n) is 6.64. The van der Waals surface area contributed by atoms with Gasteiger partial charge in [0.1, 0.15) is 11.3 Å². The van der Waals surface area contributed by atoms with Crippen molar-refractivity contribution in [3.05, 3.63) is 27.3 Å². The molecule has 5 heteroatoms. The van der Waals surface area contributed by atoms with E-state index >= 15 is 0 Å². The molecule has 0 aliphatic rings. The number of H-pyrrole nitrogens is 1. The van der Waals surface area contributed by atoms with E-state index in [4.69, 9.17) is 5.73 Å². The maximum absolute atomic E-state index is 13.2. The molecule has 1 aromatic carbocycles. The lowest BCUT2D eigenvalue weighted by molar-refractivity contribution is 0.637. The van der Waals surface area contributed by atoms with Crippen molar-refractivity contribution in [2.75, 3.05) is 0 Å². The first-order chi connectivity index (χ1) is 6.22. The molecular formula is C8H7FIN3. The van der Waals surface area contributed by atoms with Crippen molar-refractivity contribution in [1.82, 2.24) is 9.97 Å². The molecule has 13 heavy (non-hydrogen) atoms. The fourth-order valence-electron chi connectivity index (χ4n) is 1.17. The van der Waals surface area contributed by atoms with Crippen molar-refractivity contribution in [2.24, 2.45) is 5.73 Å². The molecular weight excluding hydrogens is 284 g/mol. The first-order valence-corrected chi connectivity index (χ1v) is 4.83. The lowest BCUT2D eigenvalue weighted by atomic mass is 10.3. The molecule has 3 nitrogen and oxygen atoms in total. The minimum atomic E-state index is -0.314. The lowest BCUT2D eigenvalue weighted by Crippen LogP contribution is -1.97. The smallest absolute Gasteiger partial charge is 0.151 e. The van der Waals surface area contributed by atoms with Gasteiger partial charge in [0.05, 0.1) is 12.1 Å².